The van der Waals surface area contributed by atoms with Crippen LogP contribution in [-0.4, -0.2) is 22.5 Å². The van der Waals surface area contributed by atoms with Gasteiger partial charge in [-0.2, -0.15) is 0 Å². The predicted octanol–water partition coefficient (Wildman–Crippen LogP) is 4.25. The van der Waals surface area contributed by atoms with E-state index in [0.29, 0.717) is 11.6 Å². The van der Waals surface area contributed by atoms with Gasteiger partial charge in [-0.05, 0) is 49.2 Å². The van der Waals surface area contributed by atoms with E-state index in [9.17, 15) is 4.79 Å². The van der Waals surface area contributed by atoms with Crippen molar-refractivity contribution in [2.24, 2.45) is 0 Å². The van der Waals surface area contributed by atoms with E-state index >= 15 is 0 Å². The smallest absolute Gasteiger partial charge is 0.251 e. The van der Waals surface area contributed by atoms with Gasteiger partial charge < -0.3 is 15.2 Å². The van der Waals surface area contributed by atoms with Crippen LogP contribution in [-0.2, 0) is 0 Å². The van der Waals surface area contributed by atoms with Crippen LogP contribution in [0.1, 0.15) is 42.1 Å². The lowest BCUT2D eigenvalue weighted by molar-refractivity contribution is 0.0963. The number of hydrogen-bond acceptors (Lipinski definition) is 3. The molecule has 1 heterocycles. The van der Waals surface area contributed by atoms with Gasteiger partial charge in [0.1, 0.15) is 0 Å². The van der Waals surface area contributed by atoms with Crippen molar-refractivity contribution < 1.29 is 4.79 Å². The van der Waals surface area contributed by atoms with Crippen molar-refractivity contribution in [1.82, 2.24) is 14.9 Å². The zero-order valence-corrected chi connectivity index (χ0v) is 14.3. The molecule has 0 aliphatic heterocycles. The van der Waals surface area contributed by atoms with E-state index in [2.05, 4.69) is 33.4 Å². The fourth-order valence-electron chi connectivity index (χ4n) is 3.64. The molecule has 0 saturated heterocycles. The summed E-state index contributed by atoms with van der Waals surface area (Å²) in [5.74, 6) is 0.797. The molecule has 128 valence electrons. The Morgan fingerprint density at radius 2 is 1.80 bits per heavy atom. The molecular weight excluding hydrogens is 312 g/mol. The molecule has 1 amide bonds. The van der Waals surface area contributed by atoms with Crippen LogP contribution >= 0.6 is 0 Å². The lowest BCUT2D eigenvalue weighted by Gasteiger charge is -2.17. The van der Waals surface area contributed by atoms with Gasteiger partial charge in [0, 0.05) is 24.3 Å². The minimum atomic E-state index is -0.0789. The predicted molar refractivity (Wildman–Crippen MR) is 100 cm³/mol. The number of aromatic nitrogens is 2. The summed E-state index contributed by atoms with van der Waals surface area (Å²) in [5.41, 5.74) is 3.78. The maximum Gasteiger partial charge on any atom is 0.251 e. The molecule has 0 unspecified atom stereocenters. The van der Waals surface area contributed by atoms with E-state index in [0.717, 1.165) is 17.2 Å². The molecule has 1 aliphatic rings. The van der Waals surface area contributed by atoms with Gasteiger partial charge in [-0.15, -0.1) is 0 Å². The van der Waals surface area contributed by atoms with E-state index in [4.69, 9.17) is 4.98 Å². The molecule has 0 spiro atoms. The third-order valence-corrected chi connectivity index (χ3v) is 4.92. The lowest BCUT2D eigenvalue weighted by atomic mass is 10.2. The number of fused-ring (bicyclic) bond motifs is 1. The topological polar surface area (TPSA) is 59.0 Å². The average Bonchev–Trinajstić information content (AvgIpc) is 3.28. The first-order chi connectivity index (χ1) is 12.3. The molecule has 0 bridgehead atoms. The molecule has 1 saturated carbocycles. The number of carbonyl (C=O) groups is 1. The maximum absolute atomic E-state index is 11.7. The molecule has 1 aliphatic carbocycles. The van der Waals surface area contributed by atoms with Gasteiger partial charge in [-0.3, -0.25) is 4.79 Å². The summed E-state index contributed by atoms with van der Waals surface area (Å²) in [6, 6.07) is 16.3. The number of rotatable bonds is 4. The van der Waals surface area contributed by atoms with Crippen molar-refractivity contribution in [3.05, 3.63) is 54.1 Å². The Labute approximate surface area is 147 Å². The maximum atomic E-state index is 11.7. The van der Waals surface area contributed by atoms with Crippen LogP contribution in [0.2, 0.25) is 0 Å². The highest BCUT2D eigenvalue weighted by atomic mass is 16.1. The first-order valence-corrected chi connectivity index (χ1v) is 8.82. The highest BCUT2D eigenvalue weighted by Crippen LogP contribution is 2.36. The lowest BCUT2D eigenvalue weighted by Crippen LogP contribution is -2.17. The van der Waals surface area contributed by atoms with Crippen molar-refractivity contribution in [1.29, 1.82) is 0 Å². The molecule has 1 aromatic heterocycles. The van der Waals surface area contributed by atoms with Crippen molar-refractivity contribution in [3.8, 4) is 0 Å². The Morgan fingerprint density at radius 1 is 1.08 bits per heavy atom. The van der Waals surface area contributed by atoms with Crippen LogP contribution in [0.15, 0.2) is 48.5 Å². The number of hydrogen-bond donors (Lipinski definition) is 2. The summed E-state index contributed by atoms with van der Waals surface area (Å²) in [7, 11) is 1.64. The Morgan fingerprint density at radius 3 is 2.52 bits per heavy atom. The molecule has 0 radical (unpaired) electrons. The zero-order chi connectivity index (χ0) is 17.2. The number of benzene rings is 2. The van der Waals surface area contributed by atoms with Crippen LogP contribution < -0.4 is 10.6 Å². The SMILES string of the molecule is CNC(=O)c1ccc(Nc2nc3ccccc3n2C2CCCC2)cc1. The van der Waals surface area contributed by atoms with E-state index in [1.807, 2.05) is 30.3 Å². The molecule has 25 heavy (non-hydrogen) atoms. The second-order valence-electron chi connectivity index (χ2n) is 6.51. The van der Waals surface area contributed by atoms with E-state index in [1.54, 1.807) is 7.05 Å². The fourth-order valence-corrected chi connectivity index (χ4v) is 3.64. The van der Waals surface area contributed by atoms with Gasteiger partial charge in [0.15, 0.2) is 0 Å². The zero-order valence-electron chi connectivity index (χ0n) is 14.3. The summed E-state index contributed by atoms with van der Waals surface area (Å²) < 4.78 is 2.34. The molecule has 5 heteroatoms. The monoisotopic (exact) mass is 334 g/mol. The van der Waals surface area contributed by atoms with E-state index < -0.39 is 0 Å². The number of nitrogens with one attached hydrogen (secondary N) is 2. The molecule has 0 atom stereocenters. The van der Waals surface area contributed by atoms with Crippen molar-refractivity contribution >= 4 is 28.6 Å². The highest BCUT2D eigenvalue weighted by molar-refractivity contribution is 5.94. The van der Waals surface area contributed by atoms with E-state index in [-0.39, 0.29) is 5.91 Å². The fraction of sp³-hybridized carbons (Fsp3) is 0.300. The Bertz CT molecular complexity index is 892. The second kappa shape index (κ2) is 6.59. The third-order valence-electron chi connectivity index (χ3n) is 4.92. The van der Waals surface area contributed by atoms with Gasteiger partial charge in [0.25, 0.3) is 5.91 Å². The van der Waals surface area contributed by atoms with Crippen LogP contribution in [0.5, 0.6) is 0 Å². The Kier molecular flexibility index (Phi) is 4.14. The number of imidazole rings is 1. The molecule has 5 nitrogen and oxygen atoms in total. The van der Waals surface area contributed by atoms with Crippen molar-refractivity contribution in [2.45, 2.75) is 31.7 Å². The molecule has 1 fully saturated rings. The number of amides is 1. The summed E-state index contributed by atoms with van der Waals surface area (Å²) in [5, 5.41) is 6.08. The van der Waals surface area contributed by atoms with Crippen molar-refractivity contribution in [2.75, 3.05) is 12.4 Å². The van der Waals surface area contributed by atoms with Crippen LogP contribution in [0, 0.1) is 0 Å². The highest BCUT2D eigenvalue weighted by Gasteiger charge is 2.22. The van der Waals surface area contributed by atoms with Gasteiger partial charge >= 0.3 is 0 Å². The molecule has 4 rings (SSSR count). The van der Waals surface area contributed by atoms with Crippen LogP contribution in [0.3, 0.4) is 0 Å². The minimum Gasteiger partial charge on any atom is -0.355 e. The van der Waals surface area contributed by atoms with Gasteiger partial charge in [-0.25, -0.2) is 4.98 Å². The Balaban J connectivity index is 1.69. The molecule has 2 aromatic carbocycles. The van der Waals surface area contributed by atoms with Crippen LogP contribution in [0.25, 0.3) is 11.0 Å². The second-order valence-corrected chi connectivity index (χ2v) is 6.51. The summed E-state index contributed by atoms with van der Waals surface area (Å²) >= 11 is 0. The first-order valence-electron chi connectivity index (χ1n) is 8.82. The van der Waals surface area contributed by atoms with Crippen molar-refractivity contribution in [3.63, 3.8) is 0 Å². The number of carbonyl (C=O) groups excluding carboxylic acids is 1. The molecule has 3 aromatic rings. The van der Waals surface area contributed by atoms with Gasteiger partial charge in [-0.1, -0.05) is 25.0 Å². The minimum absolute atomic E-state index is 0.0789. The summed E-state index contributed by atoms with van der Waals surface area (Å²) in [6.07, 6.45) is 4.95. The number of para-hydroxylation sites is 2. The number of anilines is 2. The Hall–Kier alpha value is -2.82. The molecular formula is C20H22N4O. The standard InChI is InChI=1S/C20H22N4O/c1-21-19(25)14-10-12-15(13-11-14)22-20-23-17-8-4-5-9-18(17)24(20)16-6-2-3-7-16/h4-5,8-13,16H,2-3,6-7H2,1H3,(H,21,25)(H,22,23). The number of nitrogens with zero attached hydrogens (tertiary/aromatic N) is 2. The quantitative estimate of drug-likeness (QED) is 0.750. The first kappa shape index (κ1) is 15.7. The molecule has 2 N–H and O–H groups in total. The summed E-state index contributed by atoms with van der Waals surface area (Å²) in [6.45, 7) is 0. The summed E-state index contributed by atoms with van der Waals surface area (Å²) in [4.78, 5) is 16.5. The van der Waals surface area contributed by atoms with Gasteiger partial charge in [0.2, 0.25) is 5.95 Å². The van der Waals surface area contributed by atoms with Gasteiger partial charge in [0.05, 0.1) is 11.0 Å². The normalized spacial score (nSPS) is 14.8. The average molecular weight is 334 g/mol. The largest absolute Gasteiger partial charge is 0.355 e. The van der Waals surface area contributed by atoms with Crippen LogP contribution in [0.4, 0.5) is 11.6 Å². The van der Waals surface area contributed by atoms with E-state index in [1.165, 1.54) is 31.2 Å². The third kappa shape index (κ3) is 2.97.